The van der Waals surface area contributed by atoms with Crippen LogP contribution in [0.25, 0.3) is 0 Å². The van der Waals surface area contributed by atoms with Crippen LogP contribution < -0.4 is 10.6 Å². The summed E-state index contributed by atoms with van der Waals surface area (Å²) in [4.78, 5) is 4.07. The minimum absolute atomic E-state index is 0.145. The SMILES string of the molecule is CNc1cc(C(F)(F)F)cc(Nc2cccc(I)c2)n1. The maximum absolute atomic E-state index is 12.8. The number of benzene rings is 1. The van der Waals surface area contributed by atoms with Crippen LogP contribution in [0.4, 0.5) is 30.5 Å². The molecule has 0 saturated carbocycles. The Morgan fingerprint density at radius 1 is 1.10 bits per heavy atom. The normalized spacial score (nSPS) is 11.2. The fourth-order valence-corrected chi connectivity index (χ4v) is 2.14. The van der Waals surface area contributed by atoms with Crippen LogP contribution in [0, 0.1) is 3.57 Å². The van der Waals surface area contributed by atoms with Crippen molar-refractivity contribution in [2.75, 3.05) is 17.7 Å². The van der Waals surface area contributed by atoms with Crippen LogP contribution in [-0.4, -0.2) is 12.0 Å². The summed E-state index contributed by atoms with van der Waals surface area (Å²) >= 11 is 2.13. The molecule has 0 fully saturated rings. The van der Waals surface area contributed by atoms with Crippen molar-refractivity contribution < 1.29 is 13.2 Å². The molecule has 2 aromatic rings. The zero-order valence-electron chi connectivity index (χ0n) is 10.4. The van der Waals surface area contributed by atoms with Crippen LogP contribution in [0.3, 0.4) is 0 Å². The molecule has 0 atom stereocenters. The van der Waals surface area contributed by atoms with Crippen LogP contribution in [0.2, 0.25) is 0 Å². The lowest BCUT2D eigenvalue weighted by Gasteiger charge is -2.12. The molecule has 1 aromatic carbocycles. The first-order valence-electron chi connectivity index (χ1n) is 5.68. The van der Waals surface area contributed by atoms with Gasteiger partial charge in [0.25, 0.3) is 0 Å². The Kier molecular flexibility index (Phi) is 4.36. The van der Waals surface area contributed by atoms with Gasteiger partial charge in [0.15, 0.2) is 0 Å². The highest BCUT2D eigenvalue weighted by Gasteiger charge is 2.31. The van der Waals surface area contributed by atoms with Gasteiger partial charge < -0.3 is 10.6 Å². The van der Waals surface area contributed by atoms with E-state index in [2.05, 4.69) is 38.2 Å². The van der Waals surface area contributed by atoms with Gasteiger partial charge >= 0.3 is 6.18 Å². The van der Waals surface area contributed by atoms with Crippen molar-refractivity contribution in [3.05, 3.63) is 45.5 Å². The van der Waals surface area contributed by atoms with E-state index in [0.717, 1.165) is 15.7 Å². The van der Waals surface area contributed by atoms with Crippen LogP contribution in [0.1, 0.15) is 5.56 Å². The summed E-state index contributed by atoms with van der Waals surface area (Å²) in [6.07, 6.45) is -4.41. The lowest BCUT2D eigenvalue weighted by Crippen LogP contribution is -2.08. The first-order chi connectivity index (χ1) is 9.38. The van der Waals surface area contributed by atoms with E-state index in [-0.39, 0.29) is 11.6 Å². The standard InChI is InChI=1S/C13H11F3IN3/c1-18-11-5-8(13(14,15)16)6-12(20-11)19-10-4-2-3-9(17)7-10/h2-7H,1H3,(H2,18,19,20). The topological polar surface area (TPSA) is 37.0 Å². The molecule has 2 N–H and O–H groups in total. The van der Waals surface area contributed by atoms with E-state index < -0.39 is 11.7 Å². The van der Waals surface area contributed by atoms with Crippen molar-refractivity contribution in [2.24, 2.45) is 0 Å². The third-order valence-corrected chi connectivity index (χ3v) is 3.18. The molecular formula is C13H11F3IN3. The maximum Gasteiger partial charge on any atom is 0.416 e. The average Bonchev–Trinajstić information content (AvgIpc) is 2.37. The highest BCUT2D eigenvalue weighted by molar-refractivity contribution is 14.1. The predicted molar refractivity (Wildman–Crippen MR) is 81.2 cm³/mol. The Hall–Kier alpha value is -1.51. The van der Waals surface area contributed by atoms with Gasteiger partial charge in [0.2, 0.25) is 0 Å². The highest BCUT2D eigenvalue weighted by Crippen LogP contribution is 2.32. The Balaban J connectivity index is 2.36. The first kappa shape index (κ1) is 14.9. The number of halogens is 4. The third-order valence-electron chi connectivity index (χ3n) is 2.51. The Bertz CT molecular complexity index is 614. The van der Waals surface area contributed by atoms with Crippen LogP contribution >= 0.6 is 22.6 Å². The summed E-state index contributed by atoms with van der Waals surface area (Å²) < 4.78 is 39.4. The van der Waals surface area contributed by atoms with Gasteiger partial charge in [-0.05, 0) is 52.9 Å². The molecule has 0 aliphatic heterocycles. The molecule has 0 aliphatic rings. The smallest absolute Gasteiger partial charge is 0.373 e. The molecule has 0 spiro atoms. The van der Waals surface area contributed by atoms with Crippen molar-refractivity contribution in [3.8, 4) is 0 Å². The van der Waals surface area contributed by atoms with Crippen molar-refractivity contribution in [2.45, 2.75) is 6.18 Å². The van der Waals surface area contributed by atoms with Crippen LogP contribution in [0.5, 0.6) is 0 Å². The minimum Gasteiger partial charge on any atom is -0.373 e. The fourth-order valence-electron chi connectivity index (χ4n) is 1.60. The van der Waals surface area contributed by atoms with E-state index in [1.165, 1.54) is 7.05 Å². The summed E-state index contributed by atoms with van der Waals surface area (Å²) in [5, 5.41) is 5.50. The largest absolute Gasteiger partial charge is 0.416 e. The summed E-state index contributed by atoms with van der Waals surface area (Å²) in [6.45, 7) is 0. The van der Waals surface area contributed by atoms with Gasteiger partial charge in [0, 0.05) is 16.3 Å². The highest BCUT2D eigenvalue weighted by atomic mass is 127. The molecule has 0 amide bonds. The van der Waals surface area contributed by atoms with Crippen molar-refractivity contribution in [3.63, 3.8) is 0 Å². The van der Waals surface area contributed by atoms with E-state index in [0.29, 0.717) is 5.69 Å². The summed E-state index contributed by atoms with van der Waals surface area (Å²) in [5.41, 5.74) is -0.0595. The van der Waals surface area contributed by atoms with E-state index in [4.69, 9.17) is 0 Å². The summed E-state index contributed by atoms with van der Waals surface area (Å²) in [6, 6.07) is 9.26. The van der Waals surface area contributed by atoms with Gasteiger partial charge in [-0.2, -0.15) is 13.2 Å². The first-order valence-corrected chi connectivity index (χ1v) is 6.76. The van der Waals surface area contributed by atoms with Gasteiger partial charge in [-0.15, -0.1) is 0 Å². The quantitative estimate of drug-likeness (QED) is 0.755. The monoisotopic (exact) mass is 393 g/mol. The second-order valence-corrected chi connectivity index (χ2v) is 5.26. The number of alkyl halides is 3. The molecule has 106 valence electrons. The second-order valence-electron chi connectivity index (χ2n) is 4.01. The zero-order chi connectivity index (χ0) is 14.8. The number of nitrogens with zero attached hydrogens (tertiary/aromatic N) is 1. The van der Waals surface area contributed by atoms with E-state index in [9.17, 15) is 13.2 Å². The molecule has 0 aliphatic carbocycles. The van der Waals surface area contributed by atoms with E-state index in [1.807, 2.05) is 18.2 Å². The molecule has 2 rings (SSSR count). The lowest BCUT2D eigenvalue weighted by molar-refractivity contribution is -0.137. The van der Waals surface area contributed by atoms with Gasteiger partial charge in [0.05, 0.1) is 5.56 Å². The van der Waals surface area contributed by atoms with Gasteiger partial charge in [-0.3, -0.25) is 0 Å². The molecule has 7 heteroatoms. The molecule has 0 saturated heterocycles. The summed E-state index contributed by atoms with van der Waals surface area (Å²) in [7, 11) is 1.53. The van der Waals surface area contributed by atoms with Crippen LogP contribution in [0.15, 0.2) is 36.4 Å². The second kappa shape index (κ2) is 5.86. The predicted octanol–water partition coefficient (Wildman–Crippen LogP) is 4.49. The fraction of sp³-hybridized carbons (Fsp3) is 0.154. The van der Waals surface area contributed by atoms with Crippen molar-refractivity contribution >= 4 is 39.9 Å². The number of hydrogen-bond donors (Lipinski definition) is 2. The van der Waals surface area contributed by atoms with Gasteiger partial charge in [-0.1, -0.05) is 6.07 Å². The van der Waals surface area contributed by atoms with E-state index >= 15 is 0 Å². The molecule has 20 heavy (non-hydrogen) atoms. The third kappa shape index (κ3) is 3.75. The number of rotatable bonds is 3. The lowest BCUT2D eigenvalue weighted by atomic mass is 10.2. The van der Waals surface area contributed by atoms with Crippen LogP contribution in [-0.2, 0) is 6.18 Å². The van der Waals surface area contributed by atoms with E-state index in [1.54, 1.807) is 6.07 Å². The number of nitrogens with one attached hydrogen (secondary N) is 2. The Morgan fingerprint density at radius 3 is 2.40 bits per heavy atom. The number of hydrogen-bond acceptors (Lipinski definition) is 3. The molecule has 0 unspecified atom stereocenters. The summed E-state index contributed by atoms with van der Waals surface area (Å²) in [5.74, 6) is 0.305. The maximum atomic E-state index is 12.8. The Morgan fingerprint density at radius 2 is 1.80 bits per heavy atom. The van der Waals surface area contributed by atoms with Crippen molar-refractivity contribution in [1.82, 2.24) is 4.98 Å². The molecule has 3 nitrogen and oxygen atoms in total. The Labute approximate surface area is 127 Å². The molecule has 0 bridgehead atoms. The number of aromatic nitrogens is 1. The van der Waals surface area contributed by atoms with Crippen molar-refractivity contribution in [1.29, 1.82) is 0 Å². The number of anilines is 3. The minimum atomic E-state index is -4.41. The number of pyridine rings is 1. The zero-order valence-corrected chi connectivity index (χ0v) is 12.6. The molecule has 1 aromatic heterocycles. The molecule has 1 heterocycles. The molecule has 0 radical (unpaired) electrons. The molecular weight excluding hydrogens is 382 g/mol. The average molecular weight is 393 g/mol. The van der Waals surface area contributed by atoms with Gasteiger partial charge in [-0.25, -0.2) is 4.98 Å². The van der Waals surface area contributed by atoms with Gasteiger partial charge in [0.1, 0.15) is 11.6 Å².